The highest BCUT2D eigenvalue weighted by Gasteiger charge is 2.44. The third-order valence-corrected chi connectivity index (χ3v) is 4.00. The quantitative estimate of drug-likeness (QED) is 0.889. The molecule has 1 aliphatic carbocycles. The Kier molecular flexibility index (Phi) is 2.73. The Balaban J connectivity index is 1.63. The van der Waals surface area contributed by atoms with Gasteiger partial charge in [-0.05, 0) is 48.8 Å². The van der Waals surface area contributed by atoms with Crippen LogP contribution in [-0.2, 0) is 10.2 Å². The summed E-state index contributed by atoms with van der Waals surface area (Å²) in [7, 11) is 0. The lowest BCUT2D eigenvalue weighted by molar-refractivity contribution is 0.302. The minimum Gasteiger partial charge on any atom is -0.463 e. The Labute approximate surface area is 106 Å². The van der Waals surface area contributed by atoms with Crippen molar-refractivity contribution in [1.82, 2.24) is 0 Å². The molecule has 3 nitrogen and oxygen atoms in total. The molecule has 0 saturated heterocycles. The molecular formula is C14H17FN2O. The van der Waals surface area contributed by atoms with E-state index < -0.39 is 0 Å². The van der Waals surface area contributed by atoms with Crippen molar-refractivity contribution in [3.63, 3.8) is 0 Å². The first-order chi connectivity index (χ1) is 8.68. The fourth-order valence-corrected chi connectivity index (χ4v) is 2.66. The lowest BCUT2D eigenvalue weighted by Crippen LogP contribution is -2.13. The van der Waals surface area contributed by atoms with Gasteiger partial charge in [0.1, 0.15) is 12.4 Å². The molecule has 0 aromatic heterocycles. The topological polar surface area (TPSA) is 47.6 Å². The minimum atomic E-state index is -0.170. The van der Waals surface area contributed by atoms with E-state index in [1.807, 2.05) is 12.1 Å². The molecule has 2 N–H and O–H groups in total. The fraction of sp³-hybridized carbons (Fsp3) is 0.500. The number of nitrogens with zero attached hydrogens (tertiary/aromatic N) is 1. The average Bonchev–Trinajstić information content (AvgIpc) is 3.05. The molecular weight excluding hydrogens is 231 g/mol. The molecule has 2 aliphatic rings. The Morgan fingerprint density at radius 2 is 2.06 bits per heavy atom. The van der Waals surface area contributed by atoms with Crippen LogP contribution in [0, 0.1) is 5.82 Å². The fourth-order valence-electron chi connectivity index (χ4n) is 2.66. The van der Waals surface area contributed by atoms with Crippen molar-refractivity contribution in [2.24, 2.45) is 10.7 Å². The molecule has 1 fully saturated rings. The van der Waals surface area contributed by atoms with Gasteiger partial charge in [-0.25, -0.2) is 9.38 Å². The summed E-state index contributed by atoms with van der Waals surface area (Å²) < 4.78 is 18.1. The van der Waals surface area contributed by atoms with E-state index in [1.165, 1.54) is 18.4 Å². The number of ether oxygens (including phenoxy) is 1. The first-order valence-corrected chi connectivity index (χ1v) is 6.40. The van der Waals surface area contributed by atoms with Gasteiger partial charge in [0.2, 0.25) is 0 Å². The zero-order valence-corrected chi connectivity index (χ0v) is 10.2. The van der Waals surface area contributed by atoms with E-state index in [0.29, 0.717) is 12.6 Å². The molecule has 0 spiro atoms. The van der Waals surface area contributed by atoms with E-state index in [0.717, 1.165) is 12.8 Å². The molecule has 3 rings (SSSR count). The summed E-state index contributed by atoms with van der Waals surface area (Å²) in [6, 6.07) is 7.42. The van der Waals surface area contributed by atoms with E-state index in [4.69, 9.17) is 10.5 Å². The van der Waals surface area contributed by atoms with Gasteiger partial charge in [-0.1, -0.05) is 12.1 Å². The SMILES string of the molecule is NC1=NC(CCC2(c3ccc(F)cc3)CC2)CO1. The van der Waals surface area contributed by atoms with Crippen LogP contribution in [0.25, 0.3) is 0 Å². The molecule has 96 valence electrons. The molecule has 1 aliphatic heterocycles. The van der Waals surface area contributed by atoms with Crippen LogP contribution in [0.15, 0.2) is 29.3 Å². The Morgan fingerprint density at radius 3 is 2.61 bits per heavy atom. The maximum absolute atomic E-state index is 12.9. The Morgan fingerprint density at radius 1 is 1.33 bits per heavy atom. The molecule has 0 amide bonds. The summed E-state index contributed by atoms with van der Waals surface area (Å²) in [5.74, 6) is -0.170. The minimum absolute atomic E-state index is 0.170. The van der Waals surface area contributed by atoms with Crippen LogP contribution >= 0.6 is 0 Å². The third kappa shape index (κ3) is 2.19. The van der Waals surface area contributed by atoms with Crippen molar-refractivity contribution in [1.29, 1.82) is 0 Å². The zero-order chi connectivity index (χ0) is 12.6. The molecule has 18 heavy (non-hydrogen) atoms. The van der Waals surface area contributed by atoms with Crippen LogP contribution in [0.2, 0.25) is 0 Å². The third-order valence-electron chi connectivity index (χ3n) is 4.00. The Hall–Kier alpha value is -1.58. The number of hydrogen-bond donors (Lipinski definition) is 1. The maximum Gasteiger partial charge on any atom is 0.282 e. The van der Waals surface area contributed by atoms with Crippen LogP contribution in [0.1, 0.15) is 31.2 Å². The predicted octanol–water partition coefficient (Wildman–Crippen LogP) is 2.35. The van der Waals surface area contributed by atoms with Crippen molar-refractivity contribution in [2.75, 3.05) is 6.61 Å². The smallest absolute Gasteiger partial charge is 0.282 e. The molecule has 1 unspecified atom stereocenters. The number of amidine groups is 1. The second-order valence-corrected chi connectivity index (χ2v) is 5.26. The second kappa shape index (κ2) is 4.26. The Bertz CT molecular complexity index is 465. The number of benzene rings is 1. The summed E-state index contributed by atoms with van der Waals surface area (Å²) in [6.45, 7) is 0.603. The number of aliphatic imine (C=N–C) groups is 1. The summed E-state index contributed by atoms with van der Waals surface area (Å²) in [5, 5.41) is 0. The zero-order valence-electron chi connectivity index (χ0n) is 10.2. The van der Waals surface area contributed by atoms with E-state index in [2.05, 4.69) is 4.99 Å². The van der Waals surface area contributed by atoms with Crippen molar-refractivity contribution in [3.05, 3.63) is 35.6 Å². The highest BCUT2D eigenvalue weighted by molar-refractivity contribution is 5.73. The van der Waals surface area contributed by atoms with E-state index in [9.17, 15) is 4.39 Å². The van der Waals surface area contributed by atoms with Gasteiger partial charge in [-0.3, -0.25) is 0 Å². The largest absolute Gasteiger partial charge is 0.463 e. The van der Waals surface area contributed by atoms with Gasteiger partial charge in [0.15, 0.2) is 0 Å². The first-order valence-electron chi connectivity index (χ1n) is 6.40. The van der Waals surface area contributed by atoms with Crippen LogP contribution in [0.5, 0.6) is 0 Å². The van der Waals surface area contributed by atoms with Gasteiger partial charge in [0.05, 0.1) is 6.04 Å². The van der Waals surface area contributed by atoms with E-state index >= 15 is 0 Å². The van der Waals surface area contributed by atoms with Crippen molar-refractivity contribution >= 4 is 6.02 Å². The second-order valence-electron chi connectivity index (χ2n) is 5.26. The predicted molar refractivity (Wildman–Crippen MR) is 67.9 cm³/mol. The van der Waals surface area contributed by atoms with Crippen LogP contribution in [-0.4, -0.2) is 18.7 Å². The average molecular weight is 248 g/mol. The van der Waals surface area contributed by atoms with Crippen LogP contribution < -0.4 is 5.73 Å². The highest BCUT2D eigenvalue weighted by Crippen LogP contribution is 2.52. The molecule has 1 saturated carbocycles. The standard InChI is InChI=1S/C14H17FN2O/c15-11-3-1-10(2-4-11)14(7-8-14)6-5-12-9-18-13(16)17-12/h1-4,12H,5-9H2,(H2,16,17). The van der Waals surface area contributed by atoms with Crippen molar-refractivity contribution < 1.29 is 9.13 Å². The monoisotopic (exact) mass is 248 g/mol. The summed E-state index contributed by atoms with van der Waals surface area (Å²) in [5.41, 5.74) is 6.99. The van der Waals surface area contributed by atoms with Gasteiger partial charge in [0, 0.05) is 0 Å². The van der Waals surface area contributed by atoms with Gasteiger partial charge in [-0.2, -0.15) is 0 Å². The number of rotatable bonds is 4. The molecule has 0 radical (unpaired) electrons. The number of halogens is 1. The first kappa shape index (κ1) is 11.5. The van der Waals surface area contributed by atoms with Gasteiger partial charge in [0.25, 0.3) is 6.02 Å². The van der Waals surface area contributed by atoms with Crippen molar-refractivity contribution in [3.8, 4) is 0 Å². The molecule has 1 heterocycles. The van der Waals surface area contributed by atoms with Gasteiger partial charge >= 0.3 is 0 Å². The van der Waals surface area contributed by atoms with E-state index in [1.54, 1.807) is 12.1 Å². The van der Waals surface area contributed by atoms with Gasteiger partial charge in [-0.15, -0.1) is 0 Å². The normalized spacial score (nSPS) is 24.5. The highest BCUT2D eigenvalue weighted by atomic mass is 19.1. The number of hydrogen-bond acceptors (Lipinski definition) is 3. The lowest BCUT2D eigenvalue weighted by atomic mass is 9.89. The summed E-state index contributed by atoms with van der Waals surface area (Å²) in [6.07, 6.45) is 4.43. The molecule has 1 aromatic rings. The van der Waals surface area contributed by atoms with E-state index in [-0.39, 0.29) is 17.3 Å². The molecule has 1 aromatic carbocycles. The summed E-state index contributed by atoms with van der Waals surface area (Å²) in [4.78, 5) is 4.24. The lowest BCUT2D eigenvalue weighted by Gasteiger charge is -2.16. The molecule has 1 atom stereocenters. The molecule has 0 bridgehead atoms. The van der Waals surface area contributed by atoms with Crippen LogP contribution in [0.3, 0.4) is 0 Å². The summed E-state index contributed by atoms with van der Waals surface area (Å²) >= 11 is 0. The molecule has 4 heteroatoms. The number of nitrogens with two attached hydrogens (primary N) is 1. The van der Waals surface area contributed by atoms with Crippen LogP contribution in [0.4, 0.5) is 4.39 Å². The van der Waals surface area contributed by atoms with Gasteiger partial charge < -0.3 is 10.5 Å². The van der Waals surface area contributed by atoms with Crippen molar-refractivity contribution in [2.45, 2.75) is 37.1 Å². The maximum atomic E-state index is 12.9.